The maximum absolute atomic E-state index is 13.0. The number of aromatic nitrogens is 1. The Morgan fingerprint density at radius 3 is 2.23 bits per heavy atom. The lowest BCUT2D eigenvalue weighted by molar-refractivity contribution is -0.131. The van der Waals surface area contributed by atoms with Crippen molar-refractivity contribution < 1.29 is 19.1 Å². The number of ether oxygens (including phenoxy) is 1. The maximum Gasteiger partial charge on any atom is 0.354 e. The van der Waals surface area contributed by atoms with E-state index in [4.69, 9.17) is 4.74 Å². The molecule has 0 N–H and O–H groups in total. The molecule has 0 aliphatic rings. The number of carbonyl (C=O) groups is 3. The van der Waals surface area contributed by atoms with E-state index < -0.39 is 5.97 Å². The molecule has 0 aliphatic carbocycles. The van der Waals surface area contributed by atoms with Crippen molar-refractivity contribution in [1.29, 1.82) is 0 Å². The van der Waals surface area contributed by atoms with Crippen molar-refractivity contribution in [2.45, 2.75) is 60.9 Å². The summed E-state index contributed by atoms with van der Waals surface area (Å²) in [6.07, 6.45) is 1.22. The quantitative estimate of drug-likeness (QED) is 0.498. The Kier molecular flexibility index (Phi) is 8.06. The van der Waals surface area contributed by atoms with Crippen LogP contribution in [0.3, 0.4) is 0 Å². The van der Waals surface area contributed by atoms with Gasteiger partial charge in [0, 0.05) is 30.8 Å². The van der Waals surface area contributed by atoms with Gasteiger partial charge in [0.15, 0.2) is 5.78 Å². The third kappa shape index (κ3) is 4.74. The highest BCUT2D eigenvalue weighted by molar-refractivity contribution is 6.04. The fourth-order valence-corrected chi connectivity index (χ4v) is 3.35. The molecule has 6 heteroatoms. The van der Waals surface area contributed by atoms with E-state index in [1.165, 1.54) is 7.11 Å². The van der Waals surface area contributed by atoms with Crippen LogP contribution in [-0.2, 0) is 16.1 Å². The SMILES string of the molecule is CCCN(CC(=O)c1c(C)c(C(=O)OC)n(CC)c1C)C(=O)CC(C)C. The molecule has 0 unspecified atom stereocenters. The van der Waals surface area contributed by atoms with E-state index >= 15 is 0 Å². The van der Waals surface area contributed by atoms with E-state index in [0.717, 1.165) is 12.1 Å². The summed E-state index contributed by atoms with van der Waals surface area (Å²) in [5, 5.41) is 0. The molecule has 1 rings (SSSR count). The molecule has 1 heterocycles. The summed E-state index contributed by atoms with van der Waals surface area (Å²) < 4.78 is 6.67. The molecular formula is C20H32N2O4. The van der Waals surface area contributed by atoms with Crippen LogP contribution in [0.1, 0.15) is 72.6 Å². The number of amides is 1. The van der Waals surface area contributed by atoms with Crippen molar-refractivity contribution in [2.75, 3.05) is 20.2 Å². The zero-order valence-electron chi connectivity index (χ0n) is 17.1. The molecular weight excluding hydrogens is 332 g/mol. The summed E-state index contributed by atoms with van der Waals surface area (Å²) >= 11 is 0. The van der Waals surface area contributed by atoms with Gasteiger partial charge in [0.2, 0.25) is 5.91 Å². The molecule has 1 aromatic rings. The van der Waals surface area contributed by atoms with Crippen molar-refractivity contribution in [3.05, 3.63) is 22.5 Å². The predicted molar refractivity (Wildman–Crippen MR) is 102 cm³/mol. The number of ketones is 1. The van der Waals surface area contributed by atoms with Crippen LogP contribution in [0.4, 0.5) is 0 Å². The second kappa shape index (κ2) is 9.55. The van der Waals surface area contributed by atoms with Gasteiger partial charge >= 0.3 is 5.97 Å². The monoisotopic (exact) mass is 364 g/mol. The minimum atomic E-state index is -0.451. The van der Waals surface area contributed by atoms with Gasteiger partial charge in [-0.2, -0.15) is 0 Å². The van der Waals surface area contributed by atoms with Crippen LogP contribution in [0.15, 0.2) is 0 Å². The highest BCUT2D eigenvalue weighted by Crippen LogP contribution is 2.24. The first-order chi connectivity index (χ1) is 12.2. The molecule has 0 fully saturated rings. The van der Waals surface area contributed by atoms with E-state index in [-0.39, 0.29) is 24.2 Å². The van der Waals surface area contributed by atoms with Crippen LogP contribution in [-0.4, -0.2) is 47.3 Å². The Hall–Kier alpha value is -2.11. The normalized spacial score (nSPS) is 10.9. The summed E-state index contributed by atoms with van der Waals surface area (Å²) in [5.74, 6) is -0.350. The van der Waals surface area contributed by atoms with Crippen LogP contribution >= 0.6 is 0 Å². The average molecular weight is 364 g/mol. The number of nitrogens with zero attached hydrogens (tertiary/aromatic N) is 2. The van der Waals surface area contributed by atoms with Gasteiger partial charge in [-0.05, 0) is 38.7 Å². The summed E-state index contributed by atoms with van der Waals surface area (Å²) in [6.45, 7) is 12.6. The van der Waals surface area contributed by atoms with Crippen molar-refractivity contribution in [3.8, 4) is 0 Å². The van der Waals surface area contributed by atoms with E-state index in [0.29, 0.717) is 36.3 Å². The molecule has 0 aromatic carbocycles. The van der Waals surface area contributed by atoms with E-state index in [2.05, 4.69) is 0 Å². The average Bonchev–Trinajstić information content (AvgIpc) is 2.82. The first-order valence-electron chi connectivity index (χ1n) is 9.28. The number of hydrogen-bond donors (Lipinski definition) is 0. The van der Waals surface area contributed by atoms with Gasteiger partial charge in [0.05, 0.1) is 13.7 Å². The molecule has 0 spiro atoms. The molecule has 1 amide bonds. The molecule has 6 nitrogen and oxygen atoms in total. The van der Waals surface area contributed by atoms with Crippen molar-refractivity contribution >= 4 is 17.7 Å². The van der Waals surface area contributed by atoms with Crippen molar-refractivity contribution in [1.82, 2.24) is 9.47 Å². The molecule has 26 heavy (non-hydrogen) atoms. The van der Waals surface area contributed by atoms with Crippen LogP contribution < -0.4 is 0 Å². The zero-order chi connectivity index (χ0) is 20.0. The van der Waals surface area contributed by atoms with E-state index in [1.807, 2.05) is 34.6 Å². The Bertz CT molecular complexity index is 674. The van der Waals surface area contributed by atoms with Gasteiger partial charge in [-0.25, -0.2) is 4.79 Å². The Balaban J connectivity index is 3.21. The molecule has 1 aromatic heterocycles. The fraction of sp³-hybridized carbons (Fsp3) is 0.650. The highest BCUT2D eigenvalue weighted by Gasteiger charge is 2.28. The maximum atomic E-state index is 13.0. The Morgan fingerprint density at radius 2 is 1.77 bits per heavy atom. The molecule has 0 saturated heterocycles. The van der Waals surface area contributed by atoms with Gasteiger partial charge in [-0.15, -0.1) is 0 Å². The minimum absolute atomic E-state index is 0.00591. The molecule has 0 saturated carbocycles. The summed E-state index contributed by atoms with van der Waals surface area (Å²) in [7, 11) is 1.33. The van der Waals surface area contributed by atoms with Crippen LogP contribution in [0.5, 0.6) is 0 Å². The second-order valence-electron chi connectivity index (χ2n) is 7.01. The number of carbonyl (C=O) groups excluding carboxylic acids is 3. The second-order valence-corrected chi connectivity index (χ2v) is 7.01. The summed E-state index contributed by atoms with van der Waals surface area (Å²) in [6, 6.07) is 0. The van der Waals surface area contributed by atoms with Gasteiger partial charge < -0.3 is 14.2 Å². The van der Waals surface area contributed by atoms with E-state index in [9.17, 15) is 14.4 Å². The molecule has 0 bridgehead atoms. The lowest BCUT2D eigenvalue weighted by Gasteiger charge is -2.22. The van der Waals surface area contributed by atoms with Crippen LogP contribution in [0.25, 0.3) is 0 Å². The third-order valence-corrected chi connectivity index (χ3v) is 4.50. The first kappa shape index (κ1) is 21.9. The van der Waals surface area contributed by atoms with Gasteiger partial charge in [-0.1, -0.05) is 20.8 Å². The largest absolute Gasteiger partial charge is 0.464 e. The summed E-state index contributed by atoms with van der Waals surface area (Å²) in [4.78, 5) is 39.2. The van der Waals surface area contributed by atoms with Crippen LogP contribution in [0, 0.1) is 19.8 Å². The van der Waals surface area contributed by atoms with Crippen molar-refractivity contribution in [2.24, 2.45) is 5.92 Å². The third-order valence-electron chi connectivity index (χ3n) is 4.50. The zero-order valence-corrected chi connectivity index (χ0v) is 17.1. The van der Waals surface area contributed by atoms with Gasteiger partial charge in [0.25, 0.3) is 0 Å². The van der Waals surface area contributed by atoms with Crippen molar-refractivity contribution in [3.63, 3.8) is 0 Å². The standard InChI is InChI=1S/C20H32N2O4/c1-8-10-21(17(24)11-13(3)4)12-16(23)18-14(5)19(20(25)26-7)22(9-2)15(18)6/h13H,8-12H2,1-7H3. The molecule has 146 valence electrons. The number of Topliss-reactive ketones (excluding diaryl/α,β-unsaturated/α-hetero) is 1. The minimum Gasteiger partial charge on any atom is -0.464 e. The number of esters is 1. The Morgan fingerprint density at radius 1 is 1.15 bits per heavy atom. The van der Waals surface area contributed by atoms with Gasteiger partial charge in [-0.3, -0.25) is 9.59 Å². The fourth-order valence-electron chi connectivity index (χ4n) is 3.35. The number of methoxy groups -OCH3 is 1. The topological polar surface area (TPSA) is 68.6 Å². The summed E-state index contributed by atoms with van der Waals surface area (Å²) in [5.41, 5.74) is 2.29. The lowest BCUT2D eigenvalue weighted by Crippen LogP contribution is -2.37. The molecule has 0 atom stereocenters. The predicted octanol–water partition coefficient (Wildman–Crippen LogP) is 3.38. The number of rotatable bonds is 9. The lowest BCUT2D eigenvalue weighted by atomic mass is 10.0. The highest BCUT2D eigenvalue weighted by atomic mass is 16.5. The van der Waals surface area contributed by atoms with E-state index in [1.54, 1.807) is 16.4 Å². The smallest absolute Gasteiger partial charge is 0.354 e. The first-order valence-corrected chi connectivity index (χ1v) is 9.28. The van der Waals surface area contributed by atoms with Crippen LogP contribution in [0.2, 0.25) is 0 Å². The Labute approximate surface area is 156 Å². The number of hydrogen-bond acceptors (Lipinski definition) is 4. The molecule has 0 aliphatic heterocycles. The molecule has 0 radical (unpaired) electrons. The van der Waals surface area contributed by atoms with Gasteiger partial charge in [0.1, 0.15) is 5.69 Å².